The van der Waals surface area contributed by atoms with Crippen LogP contribution in [0.15, 0.2) is 23.2 Å². The number of halogens is 1. The van der Waals surface area contributed by atoms with Crippen LogP contribution < -0.4 is 4.90 Å². The van der Waals surface area contributed by atoms with E-state index in [2.05, 4.69) is 16.8 Å². The van der Waals surface area contributed by atoms with Crippen LogP contribution in [-0.4, -0.2) is 19.2 Å². The highest BCUT2D eigenvalue weighted by atomic mass is 35.5. The van der Waals surface area contributed by atoms with Gasteiger partial charge in [-0.15, -0.1) is 0 Å². The van der Waals surface area contributed by atoms with Crippen molar-refractivity contribution in [2.45, 2.75) is 19.8 Å². The largest absolute Gasteiger partial charge is 0.368 e. The molecule has 0 aromatic heterocycles. The Kier molecular flexibility index (Phi) is 3.82. The SMILES string of the molecule is CC1CCCN(c2c(Cl)cccc2N=C=O)C1. The fourth-order valence-corrected chi connectivity index (χ4v) is 2.64. The van der Waals surface area contributed by atoms with Crippen LogP contribution in [0.5, 0.6) is 0 Å². The van der Waals surface area contributed by atoms with Crippen molar-refractivity contribution in [2.24, 2.45) is 10.9 Å². The first-order valence-corrected chi connectivity index (χ1v) is 6.21. The molecule has 1 aliphatic heterocycles. The van der Waals surface area contributed by atoms with E-state index in [4.69, 9.17) is 11.6 Å². The monoisotopic (exact) mass is 250 g/mol. The number of para-hydroxylation sites is 1. The molecule has 1 aromatic carbocycles. The Morgan fingerprint density at radius 1 is 1.53 bits per heavy atom. The molecule has 0 amide bonds. The lowest BCUT2D eigenvalue weighted by Crippen LogP contribution is -2.34. The molecule has 3 nitrogen and oxygen atoms in total. The van der Waals surface area contributed by atoms with Gasteiger partial charge < -0.3 is 4.90 Å². The molecule has 4 heteroatoms. The molecular formula is C13H15ClN2O. The number of nitrogens with zero attached hydrogens (tertiary/aromatic N) is 2. The van der Waals surface area contributed by atoms with E-state index in [1.165, 1.54) is 6.42 Å². The predicted molar refractivity (Wildman–Crippen MR) is 69.8 cm³/mol. The third kappa shape index (κ3) is 2.68. The van der Waals surface area contributed by atoms with Crippen LogP contribution in [0.4, 0.5) is 11.4 Å². The van der Waals surface area contributed by atoms with E-state index >= 15 is 0 Å². The zero-order chi connectivity index (χ0) is 12.3. The number of anilines is 1. The van der Waals surface area contributed by atoms with E-state index in [1.54, 1.807) is 18.2 Å². The molecular weight excluding hydrogens is 236 g/mol. The predicted octanol–water partition coefficient (Wildman–Crippen LogP) is 3.54. The summed E-state index contributed by atoms with van der Waals surface area (Å²) in [5.41, 5.74) is 1.48. The molecule has 0 N–H and O–H groups in total. The van der Waals surface area contributed by atoms with Crippen molar-refractivity contribution in [3.05, 3.63) is 23.2 Å². The first-order valence-electron chi connectivity index (χ1n) is 5.83. The summed E-state index contributed by atoms with van der Waals surface area (Å²) in [5.74, 6) is 0.646. The Morgan fingerprint density at radius 2 is 2.35 bits per heavy atom. The van der Waals surface area contributed by atoms with Gasteiger partial charge in [-0.25, -0.2) is 4.79 Å². The van der Waals surface area contributed by atoms with Gasteiger partial charge in [0.1, 0.15) is 5.69 Å². The van der Waals surface area contributed by atoms with Crippen LogP contribution in [-0.2, 0) is 4.79 Å². The Balaban J connectivity index is 2.38. The van der Waals surface area contributed by atoms with Crippen LogP contribution in [0.1, 0.15) is 19.8 Å². The lowest BCUT2D eigenvalue weighted by molar-refractivity contribution is 0.447. The van der Waals surface area contributed by atoms with Crippen LogP contribution in [0.25, 0.3) is 0 Å². The lowest BCUT2D eigenvalue weighted by atomic mass is 9.99. The quantitative estimate of drug-likeness (QED) is 0.594. The maximum absolute atomic E-state index is 10.4. The Hall–Kier alpha value is -1.31. The van der Waals surface area contributed by atoms with Gasteiger partial charge in [0, 0.05) is 13.1 Å². The van der Waals surface area contributed by atoms with E-state index < -0.39 is 0 Å². The first-order chi connectivity index (χ1) is 8.22. The van der Waals surface area contributed by atoms with Crippen molar-refractivity contribution in [3.63, 3.8) is 0 Å². The lowest BCUT2D eigenvalue weighted by Gasteiger charge is -2.33. The summed E-state index contributed by atoms with van der Waals surface area (Å²) in [6.07, 6.45) is 3.98. The number of piperidine rings is 1. The van der Waals surface area contributed by atoms with Gasteiger partial charge >= 0.3 is 0 Å². The van der Waals surface area contributed by atoms with Crippen molar-refractivity contribution in [1.82, 2.24) is 0 Å². The molecule has 0 spiro atoms. The van der Waals surface area contributed by atoms with Gasteiger partial charge in [0.2, 0.25) is 6.08 Å². The van der Waals surface area contributed by atoms with Crippen molar-refractivity contribution in [3.8, 4) is 0 Å². The van der Waals surface area contributed by atoms with Crippen LogP contribution in [0.2, 0.25) is 5.02 Å². The number of benzene rings is 1. The van der Waals surface area contributed by atoms with Gasteiger partial charge in [-0.2, -0.15) is 4.99 Å². The number of isocyanates is 1. The highest BCUT2D eigenvalue weighted by molar-refractivity contribution is 6.34. The molecule has 0 radical (unpaired) electrons. The van der Waals surface area contributed by atoms with Crippen LogP contribution >= 0.6 is 11.6 Å². The summed E-state index contributed by atoms with van der Waals surface area (Å²) in [6.45, 7) is 4.16. The summed E-state index contributed by atoms with van der Waals surface area (Å²) < 4.78 is 0. The topological polar surface area (TPSA) is 32.7 Å². The Bertz CT molecular complexity index is 455. The molecule has 1 atom stereocenters. The molecule has 1 fully saturated rings. The number of rotatable bonds is 2. The maximum Gasteiger partial charge on any atom is 0.240 e. The van der Waals surface area contributed by atoms with Gasteiger partial charge in [-0.1, -0.05) is 24.6 Å². The molecule has 1 unspecified atom stereocenters. The third-order valence-electron chi connectivity index (χ3n) is 3.10. The van der Waals surface area contributed by atoms with E-state index in [0.29, 0.717) is 16.6 Å². The zero-order valence-electron chi connectivity index (χ0n) is 9.82. The molecule has 0 saturated carbocycles. The number of carbonyl (C=O) groups excluding carboxylic acids is 1. The summed E-state index contributed by atoms with van der Waals surface area (Å²) in [4.78, 5) is 16.4. The first kappa shape index (κ1) is 12.2. The summed E-state index contributed by atoms with van der Waals surface area (Å²) in [5, 5.41) is 0.649. The second kappa shape index (κ2) is 5.35. The van der Waals surface area contributed by atoms with Gasteiger partial charge in [-0.3, -0.25) is 0 Å². The van der Waals surface area contributed by atoms with Crippen molar-refractivity contribution >= 4 is 29.1 Å². The average molecular weight is 251 g/mol. The smallest absolute Gasteiger partial charge is 0.240 e. The summed E-state index contributed by atoms with van der Waals surface area (Å²) in [7, 11) is 0. The number of hydrogen-bond acceptors (Lipinski definition) is 3. The standard InChI is InChI=1S/C13H15ClN2O/c1-10-4-3-7-16(8-10)13-11(14)5-2-6-12(13)15-9-17/h2,5-6,10H,3-4,7-8H2,1H3. The molecule has 1 aromatic rings. The minimum Gasteiger partial charge on any atom is -0.368 e. The highest BCUT2D eigenvalue weighted by Crippen LogP contribution is 2.37. The summed E-state index contributed by atoms with van der Waals surface area (Å²) in [6, 6.07) is 5.43. The molecule has 1 saturated heterocycles. The number of aliphatic imine (C=N–C) groups is 1. The molecule has 90 valence electrons. The van der Waals surface area contributed by atoms with E-state index in [0.717, 1.165) is 25.2 Å². The van der Waals surface area contributed by atoms with E-state index in [9.17, 15) is 4.79 Å². The van der Waals surface area contributed by atoms with Crippen LogP contribution in [0.3, 0.4) is 0 Å². The third-order valence-corrected chi connectivity index (χ3v) is 3.41. The normalized spacial score (nSPS) is 19.9. The van der Waals surface area contributed by atoms with E-state index in [-0.39, 0.29) is 0 Å². The van der Waals surface area contributed by atoms with Gasteiger partial charge in [0.05, 0.1) is 10.7 Å². The molecule has 2 rings (SSSR count). The highest BCUT2D eigenvalue weighted by Gasteiger charge is 2.20. The van der Waals surface area contributed by atoms with E-state index in [1.807, 2.05) is 6.07 Å². The van der Waals surface area contributed by atoms with Crippen molar-refractivity contribution in [2.75, 3.05) is 18.0 Å². The minimum atomic E-state index is 0.613. The number of hydrogen-bond donors (Lipinski definition) is 0. The van der Waals surface area contributed by atoms with Gasteiger partial charge in [-0.05, 0) is 30.9 Å². The molecule has 17 heavy (non-hydrogen) atoms. The van der Waals surface area contributed by atoms with Gasteiger partial charge in [0.15, 0.2) is 0 Å². The Labute approximate surface area is 106 Å². The van der Waals surface area contributed by atoms with Gasteiger partial charge in [0.25, 0.3) is 0 Å². The fourth-order valence-electron chi connectivity index (χ4n) is 2.35. The molecule has 1 heterocycles. The fraction of sp³-hybridized carbons (Fsp3) is 0.462. The Morgan fingerprint density at radius 3 is 3.06 bits per heavy atom. The van der Waals surface area contributed by atoms with Crippen LogP contribution in [0, 0.1) is 5.92 Å². The molecule has 0 bridgehead atoms. The summed E-state index contributed by atoms with van der Waals surface area (Å²) >= 11 is 6.21. The average Bonchev–Trinajstić information content (AvgIpc) is 2.29. The van der Waals surface area contributed by atoms with Crippen molar-refractivity contribution < 1.29 is 4.79 Å². The molecule has 0 aliphatic carbocycles. The zero-order valence-corrected chi connectivity index (χ0v) is 10.6. The van der Waals surface area contributed by atoms with Crippen molar-refractivity contribution in [1.29, 1.82) is 0 Å². The second-order valence-electron chi connectivity index (χ2n) is 4.50. The minimum absolute atomic E-state index is 0.613. The molecule has 1 aliphatic rings. The second-order valence-corrected chi connectivity index (χ2v) is 4.91. The maximum atomic E-state index is 10.4.